The molecule has 194 valence electrons. The van der Waals surface area contributed by atoms with E-state index in [1.807, 2.05) is 66.7 Å². The maximum absolute atomic E-state index is 13.3. The number of benzene rings is 3. The molecular weight excluding hydrogens is 490 g/mol. The van der Waals surface area contributed by atoms with Crippen molar-refractivity contribution in [2.24, 2.45) is 0 Å². The van der Waals surface area contributed by atoms with Crippen molar-refractivity contribution >= 4 is 34.5 Å². The molecule has 39 heavy (non-hydrogen) atoms. The molecule has 3 heterocycles. The normalized spacial score (nSPS) is 13.3. The summed E-state index contributed by atoms with van der Waals surface area (Å²) in [5.41, 5.74) is 5.48. The van der Waals surface area contributed by atoms with Crippen molar-refractivity contribution in [3.8, 4) is 11.1 Å². The van der Waals surface area contributed by atoms with Crippen LogP contribution in [0, 0.1) is 0 Å². The largest absolute Gasteiger partial charge is 0.367 e. The molecule has 1 aliphatic rings. The Morgan fingerprint density at radius 1 is 0.795 bits per heavy atom. The molecule has 0 atom stereocenters. The van der Waals surface area contributed by atoms with Crippen molar-refractivity contribution in [3.63, 3.8) is 0 Å². The molecular formula is C30H27N7O2. The van der Waals surface area contributed by atoms with Gasteiger partial charge < -0.3 is 20.9 Å². The second-order valence-electron chi connectivity index (χ2n) is 9.25. The Morgan fingerprint density at radius 2 is 1.54 bits per heavy atom. The van der Waals surface area contributed by atoms with E-state index >= 15 is 0 Å². The predicted molar refractivity (Wildman–Crippen MR) is 152 cm³/mol. The van der Waals surface area contributed by atoms with Crippen LogP contribution in [0.25, 0.3) is 16.8 Å². The number of fused-ring (bicyclic) bond motifs is 1. The zero-order chi connectivity index (χ0) is 26.6. The number of hydrogen-bond acceptors (Lipinski definition) is 6. The molecule has 2 aromatic heterocycles. The third kappa shape index (κ3) is 5.21. The molecule has 1 aliphatic heterocycles. The minimum Gasteiger partial charge on any atom is -0.367 e. The highest BCUT2D eigenvalue weighted by Gasteiger charge is 2.18. The minimum absolute atomic E-state index is 0.189. The molecule has 0 radical (unpaired) electrons. The second-order valence-corrected chi connectivity index (χ2v) is 9.25. The number of nitrogens with one attached hydrogen (secondary N) is 3. The minimum atomic E-state index is -0.292. The first-order chi connectivity index (χ1) is 19.2. The SMILES string of the molecule is O=C(Nc1ccccc1)c1ccc(-c2cnn3ccc(C(=O)Nc4ccccc4N4CCNCC4)nc23)cc1. The first kappa shape index (κ1) is 24.3. The number of amides is 2. The number of hydrogen-bond donors (Lipinski definition) is 3. The lowest BCUT2D eigenvalue weighted by molar-refractivity contribution is 0.101. The molecule has 9 nitrogen and oxygen atoms in total. The van der Waals surface area contributed by atoms with Crippen LogP contribution in [0.5, 0.6) is 0 Å². The molecule has 6 rings (SSSR count). The fourth-order valence-electron chi connectivity index (χ4n) is 4.67. The highest BCUT2D eigenvalue weighted by Crippen LogP contribution is 2.27. The van der Waals surface area contributed by atoms with Gasteiger partial charge in [0.15, 0.2) is 5.65 Å². The van der Waals surface area contributed by atoms with Crippen molar-refractivity contribution in [2.45, 2.75) is 0 Å². The highest BCUT2D eigenvalue weighted by atomic mass is 16.2. The van der Waals surface area contributed by atoms with Gasteiger partial charge in [0.25, 0.3) is 11.8 Å². The number of anilines is 3. The molecule has 5 aromatic rings. The van der Waals surface area contributed by atoms with E-state index in [2.05, 4.69) is 30.9 Å². The first-order valence-electron chi connectivity index (χ1n) is 12.8. The summed E-state index contributed by atoms with van der Waals surface area (Å²) in [7, 11) is 0. The Hall–Kier alpha value is -5.02. The van der Waals surface area contributed by atoms with E-state index in [4.69, 9.17) is 0 Å². The maximum Gasteiger partial charge on any atom is 0.274 e. The Labute approximate surface area is 225 Å². The van der Waals surface area contributed by atoms with E-state index in [0.29, 0.717) is 16.9 Å². The van der Waals surface area contributed by atoms with Crippen LogP contribution in [0.2, 0.25) is 0 Å². The van der Waals surface area contributed by atoms with E-state index in [1.165, 1.54) is 0 Å². The Morgan fingerprint density at radius 3 is 2.33 bits per heavy atom. The lowest BCUT2D eigenvalue weighted by Crippen LogP contribution is -2.43. The number of carbonyl (C=O) groups excluding carboxylic acids is 2. The van der Waals surface area contributed by atoms with E-state index in [-0.39, 0.29) is 11.8 Å². The van der Waals surface area contributed by atoms with Gasteiger partial charge in [-0.25, -0.2) is 9.50 Å². The fourth-order valence-corrected chi connectivity index (χ4v) is 4.67. The van der Waals surface area contributed by atoms with Crippen LogP contribution in [0.4, 0.5) is 17.1 Å². The molecule has 0 saturated carbocycles. The van der Waals surface area contributed by atoms with Crippen molar-refractivity contribution in [1.82, 2.24) is 19.9 Å². The molecule has 1 saturated heterocycles. The average Bonchev–Trinajstić information content (AvgIpc) is 3.42. The number of rotatable bonds is 6. The maximum atomic E-state index is 13.3. The van der Waals surface area contributed by atoms with Gasteiger partial charge in [-0.3, -0.25) is 9.59 Å². The smallest absolute Gasteiger partial charge is 0.274 e. The summed E-state index contributed by atoms with van der Waals surface area (Å²) >= 11 is 0. The summed E-state index contributed by atoms with van der Waals surface area (Å²) in [5, 5.41) is 13.7. The van der Waals surface area contributed by atoms with E-state index in [0.717, 1.165) is 54.4 Å². The summed E-state index contributed by atoms with van der Waals surface area (Å²) in [6.45, 7) is 3.57. The van der Waals surface area contributed by atoms with Crippen LogP contribution in [-0.2, 0) is 0 Å². The van der Waals surface area contributed by atoms with Gasteiger partial charge in [0.2, 0.25) is 0 Å². The van der Waals surface area contributed by atoms with Gasteiger partial charge in [-0.05, 0) is 48.0 Å². The van der Waals surface area contributed by atoms with Crippen molar-refractivity contribution < 1.29 is 9.59 Å². The molecule has 0 unspecified atom stereocenters. The van der Waals surface area contributed by atoms with Gasteiger partial charge in [0.05, 0.1) is 17.6 Å². The molecule has 3 N–H and O–H groups in total. The topological polar surface area (TPSA) is 104 Å². The van der Waals surface area contributed by atoms with Gasteiger partial charge in [-0.2, -0.15) is 5.10 Å². The third-order valence-electron chi connectivity index (χ3n) is 6.70. The van der Waals surface area contributed by atoms with Crippen molar-refractivity contribution in [3.05, 3.63) is 109 Å². The number of carbonyl (C=O) groups is 2. The Bertz CT molecular complexity index is 1620. The summed E-state index contributed by atoms with van der Waals surface area (Å²) < 4.78 is 1.64. The molecule has 0 bridgehead atoms. The summed E-state index contributed by atoms with van der Waals surface area (Å²) in [4.78, 5) is 32.8. The monoisotopic (exact) mass is 517 g/mol. The van der Waals surface area contributed by atoms with Crippen molar-refractivity contribution in [1.29, 1.82) is 0 Å². The molecule has 0 spiro atoms. The van der Waals surface area contributed by atoms with Gasteiger partial charge in [-0.15, -0.1) is 0 Å². The highest BCUT2D eigenvalue weighted by molar-refractivity contribution is 6.06. The molecule has 9 heteroatoms. The summed E-state index contributed by atoms with van der Waals surface area (Å²) in [6, 6.07) is 26.1. The van der Waals surface area contributed by atoms with Crippen LogP contribution < -0.4 is 20.9 Å². The van der Waals surface area contributed by atoms with Gasteiger partial charge in [0, 0.05) is 49.2 Å². The molecule has 1 fully saturated rings. The first-order valence-corrected chi connectivity index (χ1v) is 12.8. The van der Waals surface area contributed by atoms with Gasteiger partial charge in [0.1, 0.15) is 5.69 Å². The van der Waals surface area contributed by atoms with Crippen LogP contribution >= 0.6 is 0 Å². The zero-order valence-corrected chi connectivity index (χ0v) is 21.2. The molecule has 0 aliphatic carbocycles. The van der Waals surface area contributed by atoms with E-state index < -0.39 is 0 Å². The fraction of sp³-hybridized carbons (Fsp3) is 0.133. The number of aromatic nitrogens is 3. The Kier molecular flexibility index (Phi) is 6.71. The van der Waals surface area contributed by atoms with Crippen LogP contribution in [0.1, 0.15) is 20.8 Å². The van der Waals surface area contributed by atoms with Crippen LogP contribution in [0.15, 0.2) is 97.3 Å². The predicted octanol–water partition coefficient (Wildman–Crippen LogP) is 4.31. The van der Waals surface area contributed by atoms with Gasteiger partial charge >= 0.3 is 0 Å². The molecule has 3 aromatic carbocycles. The quantitative estimate of drug-likeness (QED) is 0.310. The van der Waals surface area contributed by atoms with Crippen LogP contribution in [-0.4, -0.2) is 52.6 Å². The number of nitrogens with zero attached hydrogens (tertiary/aromatic N) is 4. The number of para-hydroxylation sites is 3. The second kappa shape index (κ2) is 10.8. The zero-order valence-electron chi connectivity index (χ0n) is 21.2. The van der Waals surface area contributed by atoms with Gasteiger partial charge in [-0.1, -0.05) is 42.5 Å². The van der Waals surface area contributed by atoms with Crippen molar-refractivity contribution in [2.75, 3.05) is 41.7 Å². The number of piperazine rings is 1. The Balaban J connectivity index is 1.22. The lowest BCUT2D eigenvalue weighted by atomic mass is 10.1. The van der Waals surface area contributed by atoms with E-state index in [1.54, 1.807) is 35.1 Å². The van der Waals surface area contributed by atoms with Crippen LogP contribution in [0.3, 0.4) is 0 Å². The van der Waals surface area contributed by atoms with E-state index in [9.17, 15) is 9.59 Å². The molecule has 2 amide bonds. The standard InChI is InChI=1S/C30H27N7O2/c38-29(33-23-6-2-1-3-7-23)22-12-10-21(11-13-22)24-20-32-37-17-14-26(34-28(24)37)30(39)35-25-8-4-5-9-27(25)36-18-15-31-16-19-36/h1-14,17,20,31H,15-16,18-19H2,(H,33,38)(H,35,39). The third-order valence-corrected chi connectivity index (χ3v) is 6.70. The lowest BCUT2D eigenvalue weighted by Gasteiger charge is -2.31. The summed E-state index contributed by atoms with van der Waals surface area (Å²) in [6.07, 6.45) is 3.44. The summed E-state index contributed by atoms with van der Waals surface area (Å²) in [5.74, 6) is -0.481. The average molecular weight is 518 g/mol.